The van der Waals surface area contributed by atoms with Crippen LogP contribution in [0, 0.1) is 23.7 Å². The van der Waals surface area contributed by atoms with Crippen molar-refractivity contribution in [2.45, 2.75) is 143 Å². The van der Waals surface area contributed by atoms with E-state index in [-0.39, 0.29) is 0 Å². The molecule has 2 aromatic carbocycles. The molecule has 0 aliphatic carbocycles. The zero-order valence-electron chi connectivity index (χ0n) is 27.2. The first kappa shape index (κ1) is 35.1. The van der Waals surface area contributed by atoms with E-state index in [4.69, 9.17) is 9.98 Å². The first-order chi connectivity index (χ1) is 20.7. The molecule has 0 aliphatic heterocycles. The summed E-state index contributed by atoms with van der Waals surface area (Å²) >= 11 is 0. The summed E-state index contributed by atoms with van der Waals surface area (Å²) in [7, 11) is 0. The first-order valence-corrected chi connectivity index (χ1v) is 17.0. The van der Waals surface area contributed by atoms with Crippen molar-refractivity contribution < 1.29 is 0 Å². The summed E-state index contributed by atoms with van der Waals surface area (Å²) in [5.41, 5.74) is 6.13. The Morgan fingerprint density at radius 1 is 0.524 bits per heavy atom. The molecule has 0 saturated heterocycles. The number of rotatable bonds is 19. The Bertz CT molecular complexity index is 1200. The van der Waals surface area contributed by atoms with Gasteiger partial charge in [-0.1, -0.05) is 134 Å². The van der Waals surface area contributed by atoms with Gasteiger partial charge in [-0.05, 0) is 68.5 Å². The highest BCUT2D eigenvalue weighted by molar-refractivity contribution is 6.43. The molecular weight excluding hydrogens is 508 g/mol. The molecule has 2 aromatic rings. The largest absolute Gasteiger partial charge is 0.252 e. The number of benzene rings is 2. The predicted molar refractivity (Wildman–Crippen MR) is 187 cm³/mol. The summed E-state index contributed by atoms with van der Waals surface area (Å²) in [6.45, 7) is 8.93. The normalized spacial score (nSPS) is 11.5. The molecule has 0 aromatic heterocycles. The van der Waals surface area contributed by atoms with Gasteiger partial charge < -0.3 is 0 Å². The zero-order valence-corrected chi connectivity index (χ0v) is 27.2. The van der Waals surface area contributed by atoms with Gasteiger partial charge in [0.15, 0.2) is 0 Å². The third kappa shape index (κ3) is 15.8. The van der Waals surface area contributed by atoms with Crippen molar-refractivity contribution in [3.05, 3.63) is 59.7 Å². The number of aliphatic imine (C=N–C) groups is 2. The van der Waals surface area contributed by atoms with E-state index >= 15 is 0 Å². The molecule has 0 atom stereocenters. The van der Waals surface area contributed by atoms with Gasteiger partial charge in [0.05, 0.1) is 22.8 Å². The summed E-state index contributed by atoms with van der Waals surface area (Å²) in [5.74, 6) is 13.5. The van der Waals surface area contributed by atoms with E-state index in [0.29, 0.717) is 0 Å². The average Bonchev–Trinajstić information content (AvgIpc) is 3.01. The molecule has 0 spiro atoms. The van der Waals surface area contributed by atoms with Crippen molar-refractivity contribution >= 4 is 22.8 Å². The third-order valence-electron chi connectivity index (χ3n) is 7.43. The standard InChI is InChI=1S/C40H56N2/c1-5-9-12-14-16-18-20-22-26-35-28-24-30-37(33-35)41-39(8-4)40(32-11-7-3)42-38-31-25-29-36(34-38)27-23-21-19-17-15-13-10-6-2/h24-25,28-31,33-34H,5-21,32H2,1-4H3. The van der Waals surface area contributed by atoms with Crippen molar-refractivity contribution in [3.63, 3.8) is 0 Å². The van der Waals surface area contributed by atoms with E-state index in [2.05, 4.69) is 99.9 Å². The van der Waals surface area contributed by atoms with E-state index in [1.54, 1.807) is 0 Å². The van der Waals surface area contributed by atoms with Gasteiger partial charge in [0.1, 0.15) is 0 Å². The Morgan fingerprint density at radius 2 is 0.976 bits per heavy atom. The highest BCUT2D eigenvalue weighted by atomic mass is 14.8. The fourth-order valence-corrected chi connectivity index (χ4v) is 4.89. The third-order valence-corrected chi connectivity index (χ3v) is 7.43. The summed E-state index contributed by atoms with van der Waals surface area (Å²) in [5, 5.41) is 0. The van der Waals surface area contributed by atoms with Gasteiger partial charge in [-0.3, -0.25) is 9.98 Å². The second-order valence-electron chi connectivity index (χ2n) is 11.3. The first-order valence-electron chi connectivity index (χ1n) is 17.0. The molecule has 0 saturated carbocycles. The molecule has 0 aliphatic rings. The quantitative estimate of drug-likeness (QED) is 0.0921. The van der Waals surface area contributed by atoms with Crippen LogP contribution in [0.4, 0.5) is 11.4 Å². The maximum Gasteiger partial charge on any atom is 0.0646 e. The van der Waals surface area contributed by atoms with Gasteiger partial charge in [-0.25, -0.2) is 0 Å². The van der Waals surface area contributed by atoms with Crippen LogP contribution in [-0.2, 0) is 0 Å². The zero-order chi connectivity index (χ0) is 30.1. The second kappa shape index (κ2) is 23.5. The van der Waals surface area contributed by atoms with Crippen molar-refractivity contribution in [1.29, 1.82) is 0 Å². The predicted octanol–water partition coefficient (Wildman–Crippen LogP) is 12.3. The summed E-state index contributed by atoms with van der Waals surface area (Å²) < 4.78 is 0. The van der Waals surface area contributed by atoms with Crippen molar-refractivity contribution in [2.75, 3.05) is 0 Å². The van der Waals surface area contributed by atoms with Gasteiger partial charge in [0.25, 0.3) is 0 Å². The molecule has 0 amide bonds. The maximum atomic E-state index is 5.12. The molecule has 0 bridgehead atoms. The van der Waals surface area contributed by atoms with Crippen LogP contribution >= 0.6 is 0 Å². The molecule has 0 unspecified atom stereocenters. The Balaban J connectivity index is 2.10. The smallest absolute Gasteiger partial charge is 0.0646 e. The lowest BCUT2D eigenvalue weighted by Crippen LogP contribution is -2.13. The van der Waals surface area contributed by atoms with Crippen LogP contribution in [0.3, 0.4) is 0 Å². The molecule has 0 radical (unpaired) electrons. The lowest BCUT2D eigenvalue weighted by Gasteiger charge is -2.09. The summed E-state index contributed by atoms with van der Waals surface area (Å²) in [4.78, 5) is 10.2. The molecule has 2 rings (SSSR count). The van der Waals surface area contributed by atoms with Crippen molar-refractivity contribution in [3.8, 4) is 23.7 Å². The number of nitrogens with zero attached hydrogens (tertiary/aromatic N) is 2. The molecule has 2 heteroatoms. The molecule has 0 fully saturated rings. The molecule has 0 N–H and O–H groups in total. The minimum absolute atomic E-state index is 0.842. The molecule has 0 heterocycles. The van der Waals surface area contributed by atoms with E-state index in [9.17, 15) is 0 Å². The Morgan fingerprint density at radius 3 is 1.45 bits per heavy atom. The van der Waals surface area contributed by atoms with E-state index in [1.165, 1.54) is 77.0 Å². The fourth-order valence-electron chi connectivity index (χ4n) is 4.89. The number of hydrogen-bond donors (Lipinski definition) is 0. The van der Waals surface area contributed by atoms with Gasteiger partial charge in [0, 0.05) is 24.0 Å². The molecule has 42 heavy (non-hydrogen) atoms. The van der Waals surface area contributed by atoms with E-state index in [1.807, 2.05) is 0 Å². The Kier molecular flexibility index (Phi) is 19.6. The highest BCUT2D eigenvalue weighted by Gasteiger charge is 2.09. The lowest BCUT2D eigenvalue weighted by atomic mass is 10.1. The Hall–Kier alpha value is -3.10. The molecule has 226 valence electrons. The summed E-state index contributed by atoms with van der Waals surface area (Å²) in [6, 6.07) is 16.7. The van der Waals surface area contributed by atoms with Crippen LogP contribution in [0.25, 0.3) is 0 Å². The van der Waals surface area contributed by atoms with Gasteiger partial charge in [-0.15, -0.1) is 0 Å². The summed E-state index contributed by atoms with van der Waals surface area (Å²) in [6.07, 6.45) is 21.6. The minimum atomic E-state index is 0.842. The SMILES string of the molecule is CCCCCCCCC#Cc1cccc(N=C(CC)C(CCCC)=Nc2cccc(C#CCCCCCCCC)c2)c1. The van der Waals surface area contributed by atoms with E-state index in [0.717, 1.165) is 72.4 Å². The monoisotopic (exact) mass is 564 g/mol. The Labute approximate surface area is 258 Å². The average molecular weight is 565 g/mol. The van der Waals surface area contributed by atoms with Gasteiger partial charge >= 0.3 is 0 Å². The van der Waals surface area contributed by atoms with Crippen LogP contribution in [-0.4, -0.2) is 11.4 Å². The van der Waals surface area contributed by atoms with Crippen LogP contribution in [0.2, 0.25) is 0 Å². The minimum Gasteiger partial charge on any atom is -0.252 e. The van der Waals surface area contributed by atoms with Crippen molar-refractivity contribution in [1.82, 2.24) is 0 Å². The van der Waals surface area contributed by atoms with Gasteiger partial charge in [0.2, 0.25) is 0 Å². The van der Waals surface area contributed by atoms with Crippen LogP contribution in [0.1, 0.15) is 154 Å². The van der Waals surface area contributed by atoms with Gasteiger partial charge in [-0.2, -0.15) is 0 Å². The van der Waals surface area contributed by atoms with Crippen molar-refractivity contribution in [2.24, 2.45) is 9.98 Å². The second-order valence-corrected chi connectivity index (χ2v) is 11.3. The van der Waals surface area contributed by atoms with Crippen LogP contribution < -0.4 is 0 Å². The maximum absolute atomic E-state index is 5.12. The number of unbranched alkanes of at least 4 members (excludes halogenated alkanes) is 13. The van der Waals surface area contributed by atoms with Crippen LogP contribution in [0.5, 0.6) is 0 Å². The fraction of sp³-hybridized carbons (Fsp3) is 0.550. The number of hydrogen-bond acceptors (Lipinski definition) is 2. The van der Waals surface area contributed by atoms with Crippen LogP contribution in [0.15, 0.2) is 58.5 Å². The molecular formula is C40H56N2. The topological polar surface area (TPSA) is 24.7 Å². The van der Waals surface area contributed by atoms with E-state index < -0.39 is 0 Å². The molecule has 2 nitrogen and oxygen atoms in total. The lowest BCUT2D eigenvalue weighted by molar-refractivity contribution is 0.614. The highest BCUT2D eigenvalue weighted by Crippen LogP contribution is 2.20.